The highest BCUT2D eigenvalue weighted by atomic mass is 32.2. The smallest absolute Gasteiger partial charge is 0.247 e. The zero-order chi connectivity index (χ0) is 26.6. The Kier molecular flexibility index (Phi) is 9.09. The molecule has 0 aliphatic rings. The third-order valence-corrected chi connectivity index (χ3v) is 7.24. The maximum Gasteiger partial charge on any atom is 0.247 e. The monoisotopic (exact) mass is 506 g/mol. The van der Waals surface area contributed by atoms with E-state index < -0.39 is 21.9 Å². The number of carbonyl (C=O) groups excluding carboxylic acids is 1. The molecule has 3 rings (SSSR count). The van der Waals surface area contributed by atoms with Crippen LogP contribution in [-0.4, -0.2) is 33.3 Å². The Labute approximate surface area is 217 Å². The summed E-state index contributed by atoms with van der Waals surface area (Å²) in [4.78, 5) is 15.5. The van der Waals surface area contributed by atoms with E-state index in [1.54, 1.807) is 0 Å². The number of rotatable bonds is 9. The number of carbonyl (C=O) groups is 1. The number of amides is 1. The normalized spacial score (nSPS) is 12.5. The molecule has 36 heavy (non-hydrogen) atoms. The fraction of sp³-hybridized carbons (Fsp3) is 0.367. The first-order valence-electron chi connectivity index (χ1n) is 12.4. The Balaban J connectivity index is 2.07. The lowest BCUT2D eigenvalue weighted by molar-refractivity contribution is -0.115. The number of hydrogen-bond donors (Lipinski definition) is 2. The molecule has 3 aromatic carbocycles. The average Bonchev–Trinajstić information content (AvgIpc) is 2.80. The van der Waals surface area contributed by atoms with Gasteiger partial charge in [0.1, 0.15) is 0 Å². The fourth-order valence-corrected chi connectivity index (χ4v) is 5.25. The second-order valence-corrected chi connectivity index (χ2v) is 11.4. The molecule has 0 fully saturated rings. The molecule has 192 valence electrons. The van der Waals surface area contributed by atoms with Crippen LogP contribution in [0.1, 0.15) is 72.6 Å². The van der Waals surface area contributed by atoms with Crippen LogP contribution >= 0.6 is 0 Å². The number of hydrogen-bond acceptors (Lipinski definition) is 4. The van der Waals surface area contributed by atoms with Gasteiger partial charge in [0, 0.05) is 12.2 Å². The Morgan fingerprint density at radius 3 is 1.81 bits per heavy atom. The largest absolute Gasteiger partial charge is 0.325 e. The molecule has 3 aromatic rings. The van der Waals surface area contributed by atoms with E-state index in [1.807, 2.05) is 78.2 Å². The number of nitrogens with one attached hydrogen (secondary N) is 1. The van der Waals surface area contributed by atoms with Crippen LogP contribution in [-0.2, 0) is 22.0 Å². The van der Waals surface area contributed by atoms with Gasteiger partial charge in [0.25, 0.3) is 0 Å². The highest BCUT2D eigenvalue weighted by molar-refractivity contribution is 7.73. The van der Waals surface area contributed by atoms with Gasteiger partial charge in [0.2, 0.25) is 5.91 Å². The van der Waals surface area contributed by atoms with E-state index >= 15 is 0 Å². The van der Waals surface area contributed by atoms with Crippen molar-refractivity contribution in [2.75, 3.05) is 19.4 Å². The summed E-state index contributed by atoms with van der Waals surface area (Å²) in [6.45, 7) is 11.0. The van der Waals surface area contributed by atoms with Crippen molar-refractivity contribution in [1.29, 1.82) is 0 Å². The van der Waals surface area contributed by atoms with Crippen LogP contribution in [0.5, 0.6) is 0 Å². The second kappa shape index (κ2) is 11.8. The van der Waals surface area contributed by atoms with Gasteiger partial charge in [-0.3, -0.25) is 4.79 Å². The standard InChI is InChI=1S/C30H38N2O3S/c1-19(2)26-16-24(23-12-8-21(5)9-13-23)17-27(20(3)4)28(26)29(36(34)35)30(33)31-25-14-10-22(11-15-25)18-32(6)7/h8-17,19-20,29,36H,18H2,1-7H3,(H,31,33). The summed E-state index contributed by atoms with van der Waals surface area (Å²) in [6, 6.07) is 19.9. The van der Waals surface area contributed by atoms with Gasteiger partial charge in [-0.05, 0) is 78.4 Å². The van der Waals surface area contributed by atoms with E-state index in [4.69, 9.17) is 0 Å². The van der Waals surface area contributed by atoms with Gasteiger partial charge >= 0.3 is 0 Å². The lowest BCUT2D eigenvalue weighted by Crippen LogP contribution is -2.25. The van der Waals surface area contributed by atoms with E-state index in [0.717, 1.165) is 34.4 Å². The third kappa shape index (κ3) is 6.62. The molecule has 0 spiro atoms. The summed E-state index contributed by atoms with van der Waals surface area (Å²) >= 11 is 0. The minimum absolute atomic E-state index is 0.0402. The van der Waals surface area contributed by atoms with E-state index in [9.17, 15) is 13.2 Å². The van der Waals surface area contributed by atoms with Crippen LogP contribution in [0.2, 0.25) is 0 Å². The summed E-state index contributed by atoms with van der Waals surface area (Å²) in [5.41, 5.74) is 7.35. The maximum atomic E-state index is 13.5. The molecule has 0 aliphatic heterocycles. The average molecular weight is 507 g/mol. The van der Waals surface area contributed by atoms with Crippen LogP contribution in [0.4, 0.5) is 5.69 Å². The minimum Gasteiger partial charge on any atom is -0.325 e. The van der Waals surface area contributed by atoms with E-state index in [0.29, 0.717) is 11.3 Å². The van der Waals surface area contributed by atoms with E-state index in [1.165, 1.54) is 5.56 Å². The van der Waals surface area contributed by atoms with Gasteiger partial charge < -0.3 is 10.2 Å². The van der Waals surface area contributed by atoms with Crippen molar-refractivity contribution in [2.45, 2.75) is 58.2 Å². The van der Waals surface area contributed by atoms with Crippen molar-refractivity contribution >= 4 is 22.3 Å². The van der Waals surface area contributed by atoms with Crippen molar-refractivity contribution in [3.8, 4) is 11.1 Å². The van der Waals surface area contributed by atoms with Gasteiger partial charge in [-0.15, -0.1) is 0 Å². The quantitative estimate of drug-likeness (QED) is 0.336. The van der Waals surface area contributed by atoms with Gasteiger partial charge in [-0.25, -0.2) is 8.42 Å². The molecular weight excluding hydrogens is 468 g/mol. The Morgan fingerprint density at radius 2 is 1.36 bits per heavy atom. The zero-order valence-corrected chi connectivity index (χ0v) is 23.2. The first-order valence-corrected chi connectivity index (χ1v) is 13.6. The summed E-state index contributed by atoms with van der Waals surface area (Å²) < 4.78 is 25.2. The van der Waals surface area contributed by atoms with Crippen LogP contribution in [0, 0.1) is 6.92 Å². The summed E-state index contributed by atoms with van der Waals surface area (Å²) in [7, 11) is 0.925. The number of nitrogens with zero attached hydrogens (tertiary/aromatic N) is 1. The predicted molar refractivity (Wildman–Crippen MR) is 150 cm³/mol. The molecule has 0 aliphatic carbocycles. The van der Waals surface area contributed by atoms with Gasteiger partial charge in [-0.1, -0.05) is 81.8 Å². The van der Waals surface area contributed by atoms with Gasteiger partial charge in [0.15, 0.2) is 16.0 Å². The van der Waals surface area contributed by atoms with Crippen molar-refractivity contribution in [3.63, 3.8) is 0 Å². The molecule has 1 atom stereocenters. The Bertz CT molecular complexity index is 1240. The Morgan fingerprint density at radius 1 is 0.833 bits per heavy atom. The van der Waals surface area contributed by atoms with Crippen LogP contribution < -0.4 is 5.32 Å². The predicted octanol–water partition coefficient (Wildman–Crippen LogP) is 6.26. The van der Waals surface area contributed by atoms with Crippen molar-refractivity contribution < 1.29 is 13.2 Å². The van der Waals surface area contributed by atoms with Gasteiger partial charge in [0.05, 0.1) is 0 Å². The topological polar surface area (TPSA) is 66.5 Å². The molecule has 0 bridgehead atoms. The molecule has 1 amide bonds. The molecule has 0 heterocycles. The number of aryl methyl sites for hydroxylation is 1. The maximum absolute atomic E-state index is 13.5. The molecule has 6 heteroatoms. The van der Waals surface area contributed by atoms with E-state index in [2.05, 4.69) is 41.4 Å². The molecular formula is C30H38N2O3S. The van der Waals surface area contributed by atoms with E-state index in [-0.39, 0.29) is 11.8 Å². The van der Waals surface area contributed by atoms with Crippen molar-refractivity contribution in [3.05, 3.63) is 88.5 Å². The van der Waals surface area contributed by atoms with Crippen molar-refractivity contribution in [1.82, 2.24) is 4.90 Å². The summed E-state index contributed by atoms with van der Waals surface area (Å²) in [6.07, 6.45) is 0. The molecule has 0 saturated heterocycles. The lowest BCUT2D eigenvalue weighted by Gasteiger charge is -2.25. The summed E-state index contributed by atoms with van der Waals surface area (Å²) in [5, 5.41) is 1.58. The number of anilines is 1. The summed E-state index contributed by atoms with van der Waals surface area (Å²) in [5.74, 6) is -0.449. The second-order valence-electron chi connectivity index (χ2n) is 10.4. The van der Waals surface area contributed by atoms with Crippen LogP contribution in [0.25, 0.3) is 11.1 Å². The first kappa shape index (κ1) is 27.6. The lowest BCUT2D eigenvalue weighted by atomic mass is 9.83. The fourth-order valence-electron chi connectivity index (χ4n) is 4.48. The third-order valence-electron chi connectivity index (χ3n) is 6.33. The number of thiol groups is 1. The molecule has 1 unspecified atom stereocenters. The highest BCUT2D eigenvalue weighted by Gasteiger charge is 2.31. The SMILES string of the molecule is Cc1ccc(-c2cc(C(C)C)c(C(C(=O)Nc3ccc(CN(C)C)cc3)[SH](=O)=O)c(C(C)C)c2)cc1. The van der Waals surface area contributed by atoms with Crippen LogP contribution in [0.15, 0.2) is 60.7 Å². The zero-order valence-electron chi connectivity index (χ0n) is 22.3. The first-order chi connectivity index (χ1) is 17.0. The molecule has 0 aromatic heterocycles. The van der Waals surface area contributed by atoms with Crippen LogP contribution in [0.3, 0.4) is 0 Å². The minimum atomic E-state index is -3.06. The molecule has 5 nitrogen and oxygen atoms in total. The highest BCUT2D eigenvalue weighted by Crippen LogP contribution is 2.38. The van der Waals surface area contributed by atoms with Gasteiger partial charge in [-0.2, -0.15) is 0 Å². The number of benzene rings is 3. The molecule has 0 saturated carbocycles. The van der Waals surface area contributed by atoms with Crippen molar-refractivity contribution in [2.24, 2.45) is 0 Å². The molecule has 0 radical (unpaired) electrons. The Hall–Kier alpha value is -2.96. The molecule has 1 N–H and O–H groups in total.